The molecule has 0 spiro atoms. The fourth-order valence-corrected chi connectivity index (χ4v) is 3.43. The van der Waals surface area contributed by atoms with E-state index in [0.29, 0.717) is 18.2 Å². The summed E-state index contributed by atoms with van der Waals surface area (Å²) >= 11 is 0. The lowest BCUT2D eigenvalue weighted by molar-refractivity contribution is 0.0974. The van der Waals surface area contributed by atoms with Gasteiger partial charge < -0.3 is 4.57 Å². The number of halogens is 2. The van der Waals surface area contributed by atoms with Crippen molar-refractivity contribution in [1.82, 2.24) is 14.5 Å². The van der Waals surface area contributed by atoms with E-state index in [1.54, 1.807) is 0 Å². The number of nitrogens with zero attached hydrogens (tertiary/aromatic N) is 3. The van der Waals surface area contributed by atoms with Crippen LogP contribution in [-0.2, 0) is 6.54 Å². The molecule has 128 valence electrons. The zero-order chi connectivity index (χ0) is 17.4. The Morgan fingerprint density at radius 1 is 1.08 bits per heavy atom. The van der Waals surface area contributed by atoms with E-state index >= 15 is 0 Å². The maximum atomic E-state index is 13.8. The molecule has 1 aliphatic rings. The van der Waals surface area contributed by atoms with Crippen molar-refractivity contribution in [3.63, 3.8) is 0 Å². The molecule has 2 aromatic carbocycles. The van der Waals surface area contributed by atoms with Crippen LogP contribution in [0.2, 0.25) is 0 Å². The Hall–Kier alpha value is -2.53. The standard InChI is InChI=1S/C20H19F2N3/c1-14-10-23-20(15-5-3-2-4-6-15)25(14)18-12-24(13-18)11-16-7-8-17(21)9-19(16)22/h2-10,18H,11-13H2,1H3. The van der Waals surface area contributed by atoms with Crippen molar-refractivity contribution in [3.05, 3.63) is 77.6 Å². The van der Waals surface area contributed by atoms with Crippen molar-refractivity contribution in [1.29, 1.82) is 0 Å². The SMILES string of the molecule is Cc1cnc(-c2ccccc2)n1C1CN(Cc2ccc(F)cc2F)C1. The van der Waals surface area contributed by atoms with E-state index in [4.69, 9.17) is 0 Å². The van der Waals surface area contributed by atoms with Crippen molar-refractivity contribution in [3.8, 4) is 11.4 Å². The summed E-state index contributed by atoms with van der Waals surface area (Å²) in [6.45, 7) is 4.21. The van der Waals surface area contributed by atoms with E-state index in [9.17, 15) is 8.78 Å². The fourth-order valence-electron chi connectivity index (χ4n) is 3.43. The van der Waals surface area contributed by atoms with Gasteiger partial charge in [-0.2, -0.15) is 0 Å². The van der Waals surface area contributed by atoms with Crippen LogP contribution in [0.4, 0.5) is 8.78 Å². The molecule has 25 heavy (non-hydrogen) atoms. The molecule has 0 aliphatic carbocycles. The van der Waals surface area contributed by atoms with Gasteiger partial charge in [0.2, 0.25) is 0 Å². The molecule has 3 aromatic rings. The Bertz CT molecular complexity index is 883. The number of rotatable bonds is 4. The van der Waals surface area contributed by atoms with Gasteiger partial charge in [-0.3, -0.25) is 4.90 Å². The molecular weight excluding hydrogens is 320 g/mol. The molecule has 0 unspecified atom stereocenters. The Balaban J connectivity index is 1.49. The predicted molar refractivity (Wildman–Crippen MR) is 93.1 cm³/mol. The van der Waals surface area contributed by atoms with Crippen LogP contribution in [0.5, 0.6) is 0 Å². The zero-order valence-electron chi connectivity index (χ0n) is 14.0. The van der Waals surface area contributed by atoms with Gasteiger partial charge in [-0.25, -0.2) is 13.8 Å². The minimum Gasteiger partial charge on any atom is -0.323 e. The van der Waals surface area contributed by atoms with Gasteiger partial charge in [0.05, 0.1) is 6.04 Å². The Morgan fingerprint density at radius 2 is 1.84 bits per heavy atom. The summed E-state index contributed by atoms with van der Waals surface area (Å²) < 4.78 is 29.1. The second-order valence-electron chi connectivity index (χ2n) is 6.54. The van der Waals surface area contributed by atoms with Crippen LogP contribution in [0, 0.1) is 18.6 Å². The first-order valence-electron chi connectivity index (χ1n) is 8.37. The molecule has 0 atom stereocenters. The normalized spacial score (nSPS) is 15.3. The molecule has 0 radical (unpaired) electrons. The van der Waals surface area contributed by atoms with Crippen LogP contribution >= 0.6 is 0 Å². The molecule has 1 aliphatic heterocycles. The molecular formula is C20H19F2N3. The molecule has 4 rings (SSSR count). The van der Waals surface area contributed by atoms with Crippen LogP contribution in [-0.4, -0.2) is 27.5 Å². The molecule has 1 aromatic heterocycles. The Morgan fingerprint density at radius 3 is 2.56 bits per heavy atom. The van der Waals surface area contributed by atoms with Gasteiger partial charge in [-0.05, 0) is 13.0 Å². The largest absolute Gasteiger partial charge is 0.323 e. The first-order valence-corrected chi connectivity index (χ1v) is 8.37. The van der Waals surface area contributed by atoms with Gasteiger partial charge in [-0.1, -0.05) is 36.4 Å². The monoisotopic (exact) mass is 339 g/mol. The maximum absolute atomic E-state index is 13.8. The van der Waals surface area contributed by atoms with E-state index < -0.39 is 11.6 Å². The first kappa shape index (κ1) is 16.0. The van der Waals surface area contributed by atoms with Gasteiger partial charge in [0.25, 0.3) is 0 Å². The summed E-state index contributed by atoms with van der Waals surface area (Å²) in [6, 6.07) is 14.2. The lowest BCUT2D eigenvalue weighted by Crippen LogP contribution is -2.47. The highest BCUT2D eigenvalue weighted by molar-refractivity contribution is 5.56. The summed E-state index contributed by atoms with van der Waals surface area (Å²) in [5.74, 6) is -0.0489. The third-order valence-corrected chi connectivity index (χ3v) is 4.73. The molecule has 0 N–H and O–H groups in total. The number of hydrogen-bond donors (Lipinski definition) is 0. The number of aromatic nitrogens is 2. The van der Waals surface area contributed by atoms with Gasteiger partial charge in [-0.15, -0.1) is 0 Å². The third-order valence-electron chi connectivity index (χ3n) is 4.73. The zero-order valence-corrected chi connectivity index (χ0v) is 14.0. The second kappa shape index (κ2) is 6.41. The Labute approximate surface area is 145 Å². The van der Waals surface area contributed by atoms with Crippen molar-refractivity contribution in [2.75, 3.05) is 13.1 Å². The van der Waals surface area contributed by atoms with Crippen molar-refractivity contribution >= 4 is 0 Å². The summed E-state index contributed by atoms with van der Waals surface area (Å²) in [4.78, 5) is 6.73. The second-order valence-corrected chi connectivity index (χ2v) is 6.54. The number of likely N-dealkylation sites (tertiary alicyclic amines) is 1. The lowest BCUT2D eigenvalue weighted by Gasteiger charge is -2.41. The number of hydrogen-bond acceptors (Lipinski definition) is 2. The number of benzene rings is 2. The molecule has 1 fully saturated rings. The van der Waals surface area contributed by atoms with Crippen molar-refractivity contribution < 1.29 is 8.78 Å². The number of imidazole rings is 1. The summed E-state index contributed by atoms with van der Waals surface area (Å²) in [5, 5.41) is 0. The first-order chi connectivity index (χ1) is 12.1. The van der Waals surface area contributed by atoms with E-state index in [1.807, 2.05) is 24.4 Å². The smallest absolute Gasteiger partial charge is 0.140 e. The third kappa shape index (κ3) is 3.07. The van der Waals surface area contributed by atoms with Gasteiger partial charge >= 0.3 is 0 Å². The van der Waals surface area contributed by atoms with Crippen molar-refractivity contribution in [2.45, 2.75) is 19.5 Å². The minimum atomic E-state index is -0.538. The van der Waals surface area contributed by atoms with Crippen molar-refractivity contribution in [2.24, 2.45) is 0 Å². The van der Waals surface area contributed by atoms with Crippen LogP contribution in [0.3, 0.4) is 0 Å². The summed E-state index contributed by atoms with van der Waals surface area (Å²) in [7, 11) is 0. The molecule has 0 saturated carbocycles. The van der Waals surface area contributed by atoms with Crippen LogP contribution < -0.4 is 0 Å². The Kier molecular flexibility index (Phi) is 4.09. The quantitative estimate of drug-likeness (QED) is 0.710. The highest BCUT2D eigenvalue weighted by Gasteiger charge is 2.31. The average molecular weight is 339 g/mol. The van der Waals surface area contributed by atoms with E-state index in [0.717, 1.165) is 36.2 Å². The van der Waals surface area contributed by atoms with E-state index in [1.165, 1.54) is 12.1 Å². The molecule has 3 nitrogen and oxygen atoms in total. The lowest BCUT2D eigenvalue weighted by atomic mass is 10.1. The highest BCUT2D eigenvalue weighted by atomic mass is 19.1. The summed E-state index contributed by atoms with van der Waals surface area (Å²) in [6.07, 6.45) is 1.89. The van der Waals surface area contributed by atoms with E-state index in [2.05, 4.69) is 33.5 Å². The summed E-state index contributed by atoms with van der Waals surface area (Å²) in [5.41, 5.74) is 2.75. The fraction of sp³-hybridized carbons (Fsp3) is 0.250. The average Bonchev–Trinajstić information content (AvgIpc) is 2.94. The van der Waals surface area contributed by atoms with E-state index in [-0.39, 0.29) is 0 Å². The molecule has 5 heteroatoms. The molecule has 0 bridgehead atoms. The van der Waals surface area contributed by atoms with Crippen LogP contribution in [0.1, 0.15) is 17.3 Å². The maximum Gasteiger partial charge on any atom is 0.140 e. The number of aryl methyl sites for hydroxylation is 1. The molecule has 2 heterocycles. The topological polar surface area (TPSA) is 21.1 Å². The molecule has 0 amide bonds. The minimum absolute atomic E-state index is 0.321. The van der Waals surface area contributed by atoms with Gasteiger partial charge in [0, 0.05) is 48.7 Å². The predicted octanol–water partition coefficient (Wildman–Crippen LogP) is 4.19. The highest BCUT2D eigenvalue weighted by Crippen LogP contribution is 2.30. The van der Waals surface area contributed by atoms with Gasteiger partial charge in [0.1, 0.15) is 17.5 Å². The van der Waals surface area contributed by atoms with Gasteiger partial charge in [0.15, 0.2) is 0 Å². The van der Waals surface area contributed by atoms with Crippen LogP contribution in [0.25, 0.3) is 11.4 Å². The molecule has 1 saturated heterocycles. The van der Waals surface area contributed by atoms with Crippen LogP contribution in [0.15, 0.2) is 54.7 Å².